The topological polar surface area (TPSA) is 43.1 Å². The monoisotopic (exact) mass is 216 g/mol. The summed E-state index contributed by atoms with van der Waals surface area (Å²) in [6.45, 7) is 1.98. The lowest BCUT2D eigenvalue weighted by Crippen LogP contribution is -1.87. The summed E-state index contributed by atoms with van der Waals surface area (Å²) in [5, 5.41) is 8.29. The van der Waals surface area contributed by atoms with Crippen LogP contribution in [0, 0.1) is 6.92 Å². The second-order valence-electron chi connectivity index (χ2n) is 3.22. The molecule has 0 fully saturated rings. The number of fused-ring (bicyclic) bond motifs is 1. The van der Waals surface area contributed by atoms with Crippen molar-refractivity contribution in [2.24, 2.45) is 0 Å². The van der Waals surface area contributed by atoms with Gasteiger partial charge in [0.1, 0.15) is 0 Å². The Bertz CT molecular complexity index is 610. The maximum atomic E-state index is 4.22. The predicted molar refractivity (Wildman–Crippen MR) is 58.8 cm³/mol. The number of rotatable bonds is 1. The van der Waals surface area contributed by atoms with Crippen LogP contribution in [0.1, 0.15) is 5.69 Å². The molecule has 0 aromatic carbocycles. The Kier molecular flexibility index (Phi) is 1.78. The number of hydrogen-bond donors (Lipinski definition) is 0. The normalized spacial score (nSPS) is 11.0. The average molecular weight is 216 g/mol. The molecule has 0 N–H and O–H groups in total. The molecule has 0 spiro atoms. The van der Waals surface area contributed by atoms with Crippen LogP contribution in [0.2, 0.25) is 0 Å². The lowest BCUT2D eigenvalue weighted by molar-refractivity contribution is 1.11. The van der Waals surface area contributed by atoms with Gasteiger partial charge in [-0.1, -0.05) is 6.07 Å². The van der Waals surface area contributed by atoms with Crippen molar-refractivity contribution in [3.8, 4) is 10.7 Å². The fraction of sp³-hybridized carbons (Fsp3) is 0.100. The number of nitrogens with zero attached hydrogens (tertiary/aromatic N) is 4. The third kappa shape index (κ3) is 1.24. The van der Waals surface area contributed by atoms with E-state index in [1.165, 1.54) is 0 Å². The molecule has 3 heterocycles. The van der Waals surface area contributed by atoms with E-state index in [-0.39, 0.29) is 0 Å². The van der Waals surface area contributed by atoms with E-state index < -0.39 is 0 Å². The molecular formula is C10H8N4S. The smallest absolute Gasteiger partial charge is 0.180 e. The molecular weight excluding hydrogens is 208 g/mol. The van der Waals surface area contributed by atoms with Gasteiger partial charge >= 0.3 is 0 Å². The highest BCUT2D eigenvalue weighted by molar-refractivity contribution is 7.13. The van der Waals surface area contributed by atoms with E-state index in [0.29, 0.717) is 0 Å². The Morgan fingerprint density at radius 2 is 2.20 bits per heavy atom. The van der Waals surface area contributed by atoms with E-state index in [9.17, 15) is 0 Å². The predicted octanol–water partition coefficient (Wildman–Crippen LogP) is 2.16. The van der Waals surface area contributed by atoms with Crippen molar-refractivity contribution in [3.05, 3.63) is 35.6 Å². The van der Waals surface area contributed by atoms with Crippen molar-refractivity contribution in [1.82, 2.24) is 19.6 Å². The van der Waals surface area contributed by atoms with Crippen molar-refractivity contribution >= 4 is 17.0 Å². The zero-order chi connectivity index (χ0) is 10.3. The summed E-state index contributed by atoms with van der Waals surface area (Å²) < 4.78 is 1.97. The molecule has 0 aliphatic carbocycles. The molecule has 4 nitrogen and oxygen atoms in total. The van der Waals surface area contributed by atoms with Gasteiger partial charge in [-0.05, 0) is 19.1 Å². The van der Waals surface area contributed by atoms with Crippen molar-refractivity contribution in [2.75, 3.05) is 0 Å². The largest absolute Gasteiger partial charge is 0.282 e. The first kappa shape index (κ1) is 8.55. The molecule has 3 rings (SSSR count). The molecule has 0 amide bonds. The zero-order valence-electron chi connectivity index (χ0n) is 8.08. The Morgan fingerprint density at radius 3 is 3.00 bits per heavy atom. The van der Waals surface area contributed by atoms with Crippen LogP contribution in [0.4, 0.5) is 0 Å². The third-order valence-corrected chi connectivity index (χ3v) is 3.19. The van der Waals surface area contributed by atoms with Gasteiger partial charge in [0.15, 0.2) is 11.5 Å². The number of aromatic nitrogens is 4. The Hall–Kier alpha value is -1.75. The van der Waals surface area contributed by atoms with Gasteiger partial charge in [0.25, 0.3) is 0 Å². The SMILES string of the molecule is Cc1ncsc1-c1nnc2ccccn12. The third-order valence-electron chi connectivity index (χ3n) is 2.26. The standard InChI is InChI=1S/C10H8N4S/c1-7-9(15-6-11-7)10-13-12-8-4-2-3-5-14(8)10/h2-6H,1H3. The minimum atomic E-state index is 0.861. The molecule has 0 bridgehead atoms. The van der Waals surface area contributed by atoms with Gasteiger partial charge in [-0.15, -0.1) is 21.5 Å². The van der Waals surface area contributed by atoms with Crippen LogP contribution in [0.3, 0.4) is 0 Å². The summed E-state index contributed by atoms with van der Waals surface area (Å²) >= 11 is 1.59. The number of pyridine rings is 1. The molecule has 74 valence electrons. The van der Waals surface area contributed by atoms with Gasteiger partial charge in [-0.25, -0.2) is 4.98 Å². The van der Waals surface area contributed by atoms with Crippen molar-refractivity contribution in [2.45, 2.75) is 6.92 Å². The van der Waals surface area contributed by atoms with Crippen LogP contribution in [0.25, 0.3) is 16.3 Å². The highest BCUT2D eigenvalue weighted by Crippen LogP contribution is 2.25. The minimum absolute atomic E-state index is 0.861. The molecule has 0 unspecified atom stereocenters. The van der Waals surface area contributed by atoms with E-state index in [0.717, 1.165) is 22.0 Å². The summed E-state index contributed by atoms with van der Waals surface area (Å²) in [5.41, 5.74) is 3.69. The second kappa shape index (κ2) is 3.13. The maximum Gasteiger partial charge on any atom is 0.180 e. The molecule has 3 aromatic heterocycles. The first-order chi connectivity index (χ1) is 7.36. The first-order valence-corrected chi connectivity index (χ1v) is 5.44. The molecule has 0 aliphatic rings. The van der Waals surface area contributed by atoms with Gasteiger partial charge < -0.3 is 0 Å². The Morgan fingerprint density at radius 1 is 1.27 bits per heavy atom. The van der Waals surface area contributed by atoms with Gasteiger partial charge in [-0.3, -0.25) is 4.40 Å². The summed E-state index contributed by atoms with van der Waals surface area (Å²) in [7, 11) is 0. The van der Waals surface area contributed by atoms with Crippen molar-refractivity contribution in [1.29, 1.82) is 0 Å². The van der Waals surface area contributed by atoms with E-state index in [4.69, 9.17) is 0 Å². The highest BCUT2D eigenvalue weighted by Gasteiger charge is 2.11. The molecule has 5 heteroatoms. The summed E-state index contributed by atoms with van der Waals surface area (Å²) in [6, 6.07) is 5.86. The van der Waals surface area contributed by atoms with Gasteiger partial charge in [-0.2, -0.15) is 0 Å². The van der Waals surface area contributed by atoms with Crippen LogP contribution < -0.4 is 0 Å². The van der Waals surface area contributed by atoms with Crippen LogP contribution >= 0.6 is 11.3 Å². The molecule has 15 heavy (non-hydrogen) atoms. The number of hydrogen-bond acceptors (Lipinski definition) is 4. The van der Waals surface area contributed by atoms with E-state index in [1.807, 2.05) is 41.2 Å². The first-order valence-electron chi connectivity index (χ1n) is 4.56. The van der Waals surface area contributed by atoms with Crippen molar-refractivity contribution in [3.63, 3.8) is 0 Å². The van der Waals surface area contributed by atoms with Crippen LogP contribution in [0.5, 0.6) is 0 Å². The molecule has 0 aliphatic heterocycles. The van der Waals surface area contributed by atoms with E-state index >= 15 is 0 Å². The Labute approximate surface area is 90.2 Å². The molecule has 0 saturated heterocycles. The fourth-order valence-corrected chi connectivity index (χ4v) is 2.30. The van der Waals surface area contributed by atoms with Crippen LogP contribution in [-0.4, -0.2) is 19.6 Å². The summed E-state index contributed by atoms with van der Waals surface area (Å²) in [5.74, 6) is 0.866. The second-order valence-corrected chi connectivity index (χ2v) is 4.07. The van der Waals surface area contributed by atoms with Crippen LogP contribution in [0.15, 0.2) is 29.9 Å². The number of thiazole rings is 1. The molecule has 0 radical (unpaired) electrons. The van der Waals surface area contributed by atoms with E-state index in [1.54, 1.807) is 11.3 Å². The van der Waals surface area contributed by atoms with Gasteiger partial charge in [0.2, 0.25) is 0 Å². The maximum absolute atomic E-state index is 4.22. The molecule has 0 atom stereocenters. The summed E-state index contributed by atoms with van der Waals surface area (Å²) in [6.07, 6.45) is 1.96. The lowest BCUT2D eigenvalue weighted by Gasteiger charge is -1.96. The summed E-state index contributed by atoms with van der Waals surface area (Å²) in [4.78, 5) is 5.29. The average Bonchev–Trinajstić information content (AvgIpc) is 2.83. The van der Waals surface area contributed by atoms with Gasteiger partial charge in [0, 0.05) is 6.20 Å². The fourth-order valence-electron chi connectivity index (χ4n) is 1.51. The lowest BCUT2D eigenvalue weighted by atomic mass is 10.4. The van der Waals surface area contributed by atoms with E-state index in [2.05, 4.69) is 15.2 Å². The van der Waals surface area contributed by atoms with Crippen molar-refractivity contribution < 1.29 is 0 Å². The van der Waals surface area contributed by atoms with Crippen LogP contribution in [-0.2, 0) is 0 Å². The Balaban J connectivity index is 2.32. The van der Waals surface area contributed by atoms with Gasteiger partial charge in [0.05, 0.1) is 16.1 Å². The highest BCUT2D eigenvalue weighted by atomic mass is 32.1. The minimum Gasteiger partial charge on any atom is -0.282 e. The zero-order valence-corrected chi connectivity index (χ0v) is 8.90. The molecule has 3 aromatic rings. The quantitative estimate of drug-likeness (QED) is 0.626. The molecule has 0 saturated carbocycles. The number of aryl methyl sites for hydroxylation is 1.